The number of ether oxygens (including phenoxy) is 2. The molecule has 0 unspecified atom stereocenters. The number of rotatable bonds is 5. The molecule has 0 aliphatic heterocycles. The van der Waals surface area contributed by atoms with E-state index in [9.17, 15) is 18.0 Å². The number of methoxy groups -OCH3 is 2. The van der Waals surface area contributed by atoms with Gasteiger partial charge >= 0.3 is 6.18 Å². The van der Waals surface area contributed by atoms with Gasteiger partial charge in [-0.05, 0) is 31.2 Å². The molecule has 32 heavy (non-hydrogen) atoms. The van der Waals surface area contributed by atoms with Gasteiger partial charge in [-0.3, -0.25) is 14.9 Å². The minimum Gasteiger partial charge on any atom is -0.493 e. The fourth-order valence-electron chi connectivity index (χ4n) is 3.21. The van der Waals surface area contributed by atoms with Gasteiger partial charge in [0.25, 0.3) is 5.56 Å². The third-order valence-corrected chi connectivity index (χ3v) is 5.70. The number of fused-ring (bicyclic) bond motifs is 1. The molecule has 4 aromatic rings. The quantitative estimate of drug-likeness (QED) is 0.426. The number of hydrogen-bond donors (Lipinski definition) is 1. The Balaban J connectivity index is 1.86. The van der Waals surface area contributed by atoms with E-state index < -0.39 is 23.0 Å². The molecule has 0 bridgehead atoms. The Bertz CT molecular complexity index is 1350. The maximum Gasteiger partial charge on any atom is 0.433 e. The van der Waals surface area contributed by atoms with Crippen molar-refractivity contribution < 1.29 is 22.6 Å². The highest BCUT2D eigenvalue weighted by molar-refractivity contribution is 7.20. The van der Waals surface area contributed by atoms with Gasteiger partial charge in [0.1, 0.15) is 0 Å². The number of H-pyrrole nitrogens is 1. The zero-order valence-corrected chi connectivity index (χ0v) is 18.0. The fraction of sp³-hybridized carbons (Fsp3) is 0.190. The summed E-state index contributed by atoms with van der Waals surface area (Å²) in [5.41, 5.74) is -1.88. The van der Waals surface area contributed by atoms with Crippen molar-refractivity contribution in [1.82, 2.24) is 14.8 Å². The number of thiazole rings is 1. The summed E-state index contributed by atoms with van der Waals surface area (Å²) in [6, 6.07) is 11.7. The van der Waals surface area contributed by atoms with Crippen LogP contribution < -0.4 is 15.0 Å². The minimum atomic E-state index is -4.80. The molecular formula is C21H17F3N4O3S. The van der Waals surface area contributed by atoms with Gasteiger partial charge in [0.05, 0.1) is 41.4 Å². The number of aromatic nitrogens is 3. The van der Waals surface area contributed by atoms with Crippen LogP contribution in [0.15, 0.2) is 52.3 Å². The summed E-state index contributed by atoms with van der Waals surface area (Å²) in [6.45, 7) is 1.35. The first-order valence-corrected chi connectivity index (χ1v) is 10.1. The van der Waals surface area contributed by atoms with Crippen molar-refractivity contribution in [3.05, 3.63) is 64.1 Å². The molecule has 0 aliphatic rings. The van der Waals surface area contributed by atoms with E-state index in [1.165, 1.54) is 27.2 Å². The maximum absolute atomic E-state index is 13.8. The Morgan fingerprint density at radius 1 is 1.12 bits per heavy atom. The van der Waals surface area contributed by atoms with Gasteiger partial charge < -0.3 is 9.47 Å². The van der Waals surface area contributed by atoms with Crippen molar-refractivity contribution in [3.63, 3.8) is 0 Å². The largest absolute Gasteiger partial charge is 0.493 e. The van der Waals surface area contributed by atoms with E-state index in [0.29, 0.717) is 22.7 Å². The molecule has 7 nitrogen and oxygen atoms in total. The Morgan fingerprint density at radius 2 is 1.84 bits per heavy atom. The summed E-state index contributed by atoms with van der Waals surface area (Å²) >= 11 is 1.10. The van der Waals surface area contributed by atoms with Crippen LogP contribution in [0.3, 0.4) is 0 Å². The molecular weight excluding hydrogens is 445 g/mol. The number of aliphatic imine (C=N–C) groups is 1. The number of hydrogen-bond acceptors (Lipinski definition) is 6. The number of halogens is 3. The van der Waals surface area contributed by atoms with Gasteiger partial charge in [0.2, 0.25) is 5.13 Å². The van der Waals surface area contributed by atoms with Crippen LogP contribution in [-0.4, -0.2) is 34.7 Å². The molecule has 0 atom stereocenters. The van der Waals surface area contributed by atoms with Crippen molar-refractivity contribution in [2.45, 2.75) is 13.1 Å². The van der Waals surface area contributed by atoms with Crippen LogP contribution in [0.5, 0.6) is 11.5 Å². The zero-order chi connectivity index (χ0) is 23.0. The zero-order valence-electron chi connectivity index (χ0n) is 17.1. The van der Waals surface area contributed by atoms with Gasteiger partial charge in [-0.1, -0.05) is 23.5 Å². The van der Waals surface area contributed by atoms with Crippen LogP contribution in [0.1, 0.15) is 18.2 Å². The summed E-state index contributed by atoms with van der Waals surface area (Å²) in [6.07, 6.45) is -4.80. The number of nitrogens with one attached hydrogen (secondary N) is 1. The first-order chi connectivity index (χ1) is 15.2. The lowest BCUT2D eigenvalue weighted by atomic mass is 10.1. The number of alkyl halides is 3. The van der Waals surface area contributed by atoms with Crippen LogP contribution in [0.25, 0.3) is 15.3 Å². The van der Waals surface area contributed by atoms with E-state index in [-0.39, 0.29) is 10.8 Å². The lowest BCUT2D eigenvalue weighted by molar-refractivity contribution is -0.141. The predicted octanol–water partition coefficient (Wildman–Crippen LogP) is 4.95. The molecule has 0 fully saturated rings. The monoisotopic (exact) mass is 462 g/mol. The normalized spacial score (nSPS) is 12.4. The lowest BCUT2D eigenvalue weighted by Crippen LogP contribution is -2.20. The van der Waals surface area contributed by atoms with Gasteiger partial charge in [-0.15, -0.1) is 0 Å². The molecule has 4 rings (SSSR count). The van der Waals surface area contributed by atoms with Crippen molar-refractivity contribution >= 4 is 33.0 Å². The summed E-state index contributed by atoms with van der Waals surface area (Å²) in [4.78, 5) is 21.5. The molecule has 0 amide bonds. The smallest absolute Gasteiger partial charge is 0.433 e. The van der Waals surface area contributed by atoms with E-state index in [0.717, 1.165) is 20.7 Å². The lowest BCUT2D eigenvalue weighted by Gasteiger charge is -2.09. The topological polar surface area (TPSA) is 81.5 Å². The fourth-order valence-corrected chi connectivity index (χ4v) is 4.14. The summed E-state index contributed by atoms with van der Waals surface area (Å²) in [5.74, 6) is 0.804. The second-order valence-corrected chi connectivity index (χ2v) is 7.71. The van der Waals surface area contributed by atoms with Crippen LogP contribution in [0, 0.1) is 0 Å². The highest BCUT2D eigenvalue weighted by Crippen LogP contribution is 2.33. The molecule has 166 valence electrons. The van der Waals surface area contributed by atoms with E-state index in [2.05, 4.69) is 15.1 Å². The van der Waals surface area contributed by atoms with Crippen molar-refractivity contribution in [2.24, 2.45) is 4.99 Å². The highest BCUT2D eigenvalue weighted by Gasteiger charge is 2.39. The predicted molar refractivity (Wildman–Crippen MR) is 116 cm³/mol. The van der Waals surface area contributed by atoms with E-state index >= 15 is 0 Å². The van der Waals surface area contributed by atoms with Crippen LogP contribution >= 0.6 is 11.3 Å². The Labute approximate surface area is 183 Å². The Kier molecular flexibility index (Phi) is 5.51. The third kappa shape index (κ3) is 3.86. The first kappa shape index (κ1) is 21.6. The van der Waals surface area contributed by atoms with Crippen LogP contribution in [0.2, 0.25) is 0 Å². The number of benzene rings is 2. The average molecular weight is 462 g/mol. The molecule has 0 aliphatic carbocycles. The van der Waals surface area contributed by atoms with E-state index in [1.807, 2.05) is 0 Å². The average Bonchev–Trinajstić information content (AvgIpc) is 3.34. The van der Waals surface area contributed by atoms with E-state index in [1.54, 1.807) is 36.4 Å². The molecule has 1 N–H and O–H groups in total. The third-order valence-electron chi connectivity index (χ3n) is 4.67. The molecule has 11 heteroatoms. The molecule has 0 saturated carbocycles. The SMILES string of the molecule is COc1ccc(N=C(C)c2c(C(F)(F)F)[nH]n(-c3nc4ccccc4s3)c2=O)cc1OC. The van der Waals surface area contributed by atoms with Crippen molar-refractivity contribution in [2.75, 3.05) is 14.2 Å². The highest BCUT2D eigenvalue weighted by atomic mass is 32.1. The molecule has 0 radical (unpaired) electrons. The molecule has 2 heterocycles. The second-order valence-electron chi connectivity index (χ2n) is 6.70. The minimum absolute atomic E-state index is 0.104. The second kappa shape index (κ2) is 8.15. The molecule has 2 aromatic heterocycles. The first-order valence-electron chi connectivity index (χ1n) is 9.28. The summed E-state index contributed by atoms with van der Waals surface area (Å²) < 4.78 is 53.3. The Hall–Kier alpha value is -3.60. The van der Waals surface area contributed by atoms with E-state index in [4.69, 9.17) is 9.47 Å². The van der Waals surface area contributed by atoms with Crippen molar-refractivity contribution in [1.29, 1.82) is 0 Å². The number of para-hydroxylation sites is 1. The van der Waals surface area contributed by atoms with Gasteiger partial charge in [0, 0.05) is 6.07 Å². The van der Waals surface area contributed by atoms with Crippen LogP contribution in [0.4, 0.5) is 18.9 Å². The van der Waals surface area contributed by atoms with Gasteiger partial charge in [-0.2, -0.15) is 17.9 Å². The van der Waals surface area contributed by atoms with Gasteiger partial charge in [0.15, 0.2) is 17.2 Å². The molecule has 0 spiro atoms. The van der Waals surface area contributed by atoms with Crippen molar-refractivity contribution in [3.8, 4) is 16.6 Å². The number of nitrogens with zero attached hydrogens (tertiary/aromatic N) is 3. The summed E-state index contributed by atoms with van der Waals surface area (Å²) in [5, 5.41) is 2.28. The molecule has 2 aromatic carbocycles. The standard InChI is InChI=1S/C21H17F3N4O3S/c1-11(25-12-8-9-14(30-2)15(10-12)31-3)17-18(21(22,23)24)27-28(19(17)29)20-26-13-6-4-5-7-16(13)32-20/h4-10,27H,1-3H3. The number of aromatic amines is 1. The molecule has 0 saturated heterocycles. The summed E-state index contributed by atoms with van der Waals surface area (Å²) in [7, 11) is 2.90. The Morgan fingerprint density at radius 3 is 2.50 bits per heavy atom. The maximum atomic E-state index is 13.8. The van der Waals surface area contributed by atoms with Crippen LogP contribution in [-0.2, 0) is 6.18 Å². The van der Waals surface area contributed by atoms with Gasteiger partial charge in [-0.25, -0.2) is 4.98 Å².